The average Bonchev–Trinajstić information content (AvgIpc) is 3.19. The van der Waals surface area contributed by atoms with Gasteiger partial charge in [-0.05, 0) is 24.3 Å². The van der Waals surface area contributed by atoms with E-state index in [-0.39, 0.29) is 18.3 Å². The van der Waals surface area contributed by atoms with Crippen molar-refractivity contribution in [3.05, 3.63) is 23.5 Å². The van der Waals surface area contributed by atoms with E-state index in [1.807, 2.05) is 17.9 Å². The number of hydrogen-bond donors (Lipinski definition) is 1. The van der Waals surface area contributed by atoms with Gasteiger partial charge in [0, 0.05) is 32.4 Å². The predicted molar refractivity (Wildman–Crippen MR) is 84.2 cm³/mol. The number of nitrogens with one attached hydrogen (secondary N) is 1. The summed E-state index contributed by atoms with van der Waals surface area (Å²) in [7, 11) is 0. The van der Waals surface area contributed by atoms with Gasteiger partial charge in [-0.2, -0.15) is 0 Å². The van der Waals surface area contributed by atoms with E-state index >= 15 is 0 Å². The van der Waals surface area contributed by atoms with Crippen LogP contribution in [0.4, 0.5) is 0 Å². The fourth-order valence-electron chi connectivity index (χ4n) is 3.45. The number of nitrogens with zero attached hydrogens (tertiary/aromatic N) is 3. The lowest BCUT2D eigenvalue weighted by atomic mass is 10.0. The molecule has 6 nitrogen and oxygen atoms in total. The molecule has 22 heavy (non-hydrogen) atoms. The van der Waals surface area contributed by atoms with Gasteiger partial charge in [0.25, 0.3) is 11.6 Å². The van der Waals surface area contributed by atoms with E-state index in [1.165, 1.54) is 0 Å². The zero-order valence-electron chi connectivity index (χ0n) is 12.4. The van der Waals surface area contributed by atoms with Crippen LogP contribution in [0.2, 0.25) is 0 Å². The highest BCUT2D eigenvalue weighted by molar-refractivity contribution is 5.97. The molecule has 2 aromatic rings. The Kier molecular flexibility index (Phi) is 4.06. The maximum atomic E-state index is 12.7. The smallest absolute Gasteiger partial charge is 0.257 e. The van der Waals surface area contributed by atoms with Crippen molar-refractivity contribution in [2.24, 2.45) is 11.8 Å². The minimum Gasteiger partial charge on any atom is -0.338 e. The van der Waals surface area contributed by atoms with Crippen molar-refractivity contribution in [3.63, 3.8) is 0 Å². The maximum Gasteiger partial charge on any atom is 0.257 e. The third-order valence-corrected chi connectivity index (χ3v) is 4.66. The molecular formula is C15H19ClN4O2. The van der Waals surface area contributed by atoms with Gasteiger partial charge in [-0.1, -0.05) is 12.1 Å². The van der Waals surface area contributed by atoms with Crippen LogP contribution in [0.25, 0.3) is 11.1 Å². The minimum atomic E-state index is 0. The second-order valence-corrected chi connectivity index (χ2v) is 5.95. The highest BCUT2D eigenvalue weighted by Crippen LogP contribution is 2.28. The molecule has 118 valence electrons. The van der Waals surface area contributed by atoms with E-state index in [0.29, 0.717) is 23.1 Å². The Bertz CT molecular complexity index is 690. The number of hydrogen-bond acceptors (Lipinski definition) is 5. The summed E-state index contributed by atoms with van der Waals surface area (Å²) in [6.45, 7) is 5.76. The number of carbonyl (C=O) groups excluding carboxylic acids is 1. The van der Waals surface area contributed by atoms with Gasteiger partial charge in [-0.25, -0.2) is 4.98 Å². The van der Waals surface area contributed by atoms with E-state index in [2.05, 4.69) is 15.5 Å². The third-order valence-electron chi connectivity index (χ3n) is 4.66. The van der Waals surface area contributed by atoms with Crippen LogP contribution in [0.3, 0.4) is 0 Å². The van der Waals surface area contributed by atoms with Crippen molar-refractivity contribution in [1.82, 2.24) is 20.4 Å². The molecule has 2 atom stereocenters. The Morgan fingerprint density at radius 3 is 2.82 bits per heavy atom. The SMILES string of the molecule is CCc1noc2ncc(C(=O)N3C[C@H]4CNC[C@H]4C3)cc12.Cl. The van der Waals surface area contributed by atoms with Crippen LogP contribution in [0.5, 0.6) is 0 Å². The number of halogens is 1. The second kappa shape index (κ2) is 5.85. The summed E-state index contributed by atoms with van der Waals surface area (Å²) < 4.78 is 5.17. The van der Waals surface area contributed by atoms with Crippen molar-refractivity contribution >= 4 is 29.4 Å². The molecular weight excluding hydrogens is 304 g/mol. The molecule has 0 unspecified atom stereocenters. The van der Waals surface area contributed by atoms with Gasteiger partial charge >= 0.3 is 0 Å². The summed E-state index contributed by atoms with van der Waals surface area (Å²) in [5, 5.41) is 8.23. The van der Waals surface area contributed by atoms with Crippen LogP contribution in [0.15, 0.2) is 16.8 Å². The average molecular weight is 323 g/mol. The van der Waals surface area contributed by atoms with Gasteiger partial charge in [0.2, 0.25) is 0 Å². The van der Waals surface area contributed by atoms with Crippen molar-refractivity contribution in [2.75, 3.05) is 26.2 Å². The molecule has 0 bridgehead atoms. The van der Waals surface area contributed by atoms with Crippen molar-refractivity contribution in [1.29, 1.82) is 0 Å². The molecule has 2 aliphatic heterocycles. The van der Waals surface area contributed by atoms with Gasteiger partial charge in [-0.15, -0.1) is 12.4 Å². The van der Waals surface area contributed by atoms with Crippen LogP contribution in [-0.4, -0.2) is 47.1 Å². The van der Waals surface area contributed by atoms with Crippen molar-refractivity contribution in [3.8, 4) is 0 Å². The molecule has 2 aromatic heterocycles. The van der Waals surface area contributed by atoms with E-state index < -0.39 is 0 Å². The van der Waals surface area contributed by atoms with Crippen LogP contribution < -0.4 is 5.32 Å². The molecule has 0 spiro atoms. The summed E-state index contributed by atoms with van der Waals surface area (Å²) in [5.74, 6) is 1.28. The topological polar surface area (TPSA) is 71.3 Å². The molecule has 0 saturated carbocycles. The first-order valence-electron chi connectivity index (χ1n) is 7.50. The normalized spacial score (nSPS) is 23.6. The molecule has 4 heterocycles. The Labute approximate surface area is 134 Å². The number of aryl methyl sites for hydroxylation is 1. The Hall–Kier alpha value is -1.66. The number of aromatic nitrogens is 2. The zero-order valence-corrected chi connectivity index (χ0v) is 13.2. The lowest BCUT2D eigenvalue weighted by Gasteiger charge is -2.17. The van der Waals surface area contributed by atoms with Gasteiger partial charge < -0.3 is 14.7 Å². The first-order valence-corrected chi connectivity index (χ1v) is 7.50. The molecule has 0 radical (unpaired) electrons. The number of pyridine rings is 1. The van der Waals surface area contributed by atoms with Gasteiger partial charge in [0.1, 0.15) is 0 Å². The monoisotopic (exact) mass is 322 g/mol. The number of fused-ring (bicyclic) bond motifs is 2. The molecule has 2 aliphatic rings. The fourth-order valence-corrected chi connectivity index (χ4v) is 3.45. The summed E-state index contributed by atoms with van der Waals surface area (Å²) in [5.41, 5.74) is 1.99. The minimum absolute atomic E-state index is 0. The molecule has 2 fully saturated rings. The van der Waals surface area contributed by atoms with E-state index in [0.717, 1.165) is 43.7 Å². The number of amides is 1. The van der Waals surface area contributed by atoms with Gasteiger partial charge in [-0.3, -0.25) is 4.79 Å². The van der Waals surface area contributed by atoms with Crippen LogP contribution in [-0.2, 0) is 6.42 Å². The Morgan fingerprint density at radius 2 is 2.14 bits per heavy atom. The van der Waals surface area contributed by atoms with Gasteiger partial charge in [0.15, 0.2) is 0 Å². The fraction of sp³-hybridized carbons (Fsp3) is 0.533. The summed E-state index contributed by atoms with van der Waals surface area (Å²) in [6.07, 6.45) is 2.37. The first kappa shape index (κ1) is 15.2. The van der Waals surface area contributed by atoms with Crippen LogP contribution >= 0.6 is 12.4 Å². The zero-order chi connectivity index (χ0) is 14.4. The molecule has 7 heteroatoms. The van der Waals surface area contributed by atoms with Gasteiger partial charge in [0.05, 0.1) is 16.6 Å². The lowest BCUT2D eigenvalue weighted by Crippen LogP contribution is -2.31. The quantitative estimate of drug-likeness (QED) is 0.907. The largest absolute Gasteiger partial charge is 0.338 e. The van der Waals surface area contributed by atoms with Crippen LogP contribution in [0.1, 0.15) is 23.0 Å². The van der Waals surface area contributed by atoms with Crippen molar-refractivity contribution in [2.45, 2.75) is 13.3 Å². The summed E-state index contributed by atoms with van der Waals surface area (Å²) >= 11 is 0. The lowest BCUT2D eigenvalue weighted by molar-refractivity contribution is 0.0781. The molecule has 0 aliphatic carbocycles. The summed E-state index contributed by atoms with van der Waals surface area (Å²) in [4.78, 5) is 18.8. The Balaban J connectivity index is 0.00000144. The highest BCUT2D eigenvalue weighted by Gasteiger charge is 2.38. The van der Waals surface area contributed by atoms with E-state index in [9.17, 15) is 4.79 Å². The highest BCUT2D eigenvalue weighted by atomic mass is 35.5. The Morgan fingerprint density at radius 1 is 1.41 bits per heavy atom. The second-order valence-electron chi connectivity index (χ2n) is 5.95. The molecule has 4 rings (SSSR count). The molecule has 2 saturated heterocycles. The third kappa shape index (κ3) is 2.36. The first-order chi connectivity index (χ1) is 10.3. The van der Waals surface area contributed by atoms with E-state index in [4.69, 9.17) is 4.52 Å². The van der Waals surface area contributed by atoms with Crippen molar-refractivity contribution < 1.29 is 9.32 Å². The number of likely N-dealkylation sites (tertiary alicyclic amines) is 1. The predicted octanol–water partition coefficient (Wildman–Crippen LogP) is 1.50. The number of carbonyl (C=O) groups is 1. The number of rotatable bonds is 2. The molecule has 1 N–H and O–H groups in total. The maximum absolute atomic E-state index is 12.7. The van der Waals surface area contributed by atoms with E-state index in [1.54, 1.807) is 6.20 Å². The molecule has 1 amide bonds. The summed E-state index contributed by atoms with van der Waals surface area (Å²) in [6, 6.07) is 1.87. The standard InChI is InChI=1S/C15H18N4O2.ClH/c1-2-13-12-3-9(6-17-14(12)21-18-13)15(20)19-7-10-4-16-5-11(10)8-19;/h3,6,10-11,16H,2,4-5,7-8H2,1H3;1H/t10-,11+;. The molecule has 0 aromatic carbocycles. The van der Waals surface area contributed by atoms with Crippen LogP contribution in [0, 0.1) is 11.8 Å².